The van der Waals surface area contributed by atoms with Crippen molar-refractivity contribution >= 4 is 11.7 Å². The van der Waals surface area contributed by atoms with Crippen LogP contribution in [0.3, 0.4) is 0 Å². The molecule has 7 heteroatoms. The van der Waals surface area contributed by atoms with E-state index in [2.05, 4.69) is 15.2 Å². The second-order valence-corrected chi connectivity index (χ2v) is 6.89. The van der Waals surface area contributed by atoms with Crippen LogP contribution in [0.1, 0.15) is 22.5 Å². The van der Waals surface area contributed by atoms with Crippen LogP contribution in [0.15, 0.2) is 48.7 Å². The minimum absolute atomic E-state index is 0.0538. The summed E-state index contributed by atoms with van der Waals surface area (Å²) in [7, 11) is 5.53. The fourth-order valence-electron chi connectivity index (χ4n) is 3.02. The quantitative estimate of drug-likeness (QED) is 0.681. The largest absolute Gasteiger partial charge is 0.362 e. The second-order valence-electron chi connectivity index (χ2n) is 6.89. The molecule has 28 heavy (non-hydrogen) atoms. The van der Waals surface area contributed by atoms with Crippen molar-refractivity contribution < 1.29 is 9.18 Å². The van der Waals surface area contributed by atoms with Crippen LogP contribution in [0.5, 0.6) is 0 Å². The van der Waals surface area contributed by atoms with Gasteiger partial charge in [0, 0.05) is 45.1 Å². The van der Waals surface area contributed by atoms with Gasteiger partial charge in [-0.25, -0.2) is 9.37 Å². The van der Waals surface area contributed by atoms with Crippen LogP contribution >= 0.6 is 0 Å². The molecule has 0 fully saturated rings. The first-order valence-corrected chi connectivity index (χ1v) is 9.13. The molecule has 0 radical (unpaired) electrons. The van der Waals surface area contributed by atoms with E-state index in [9.17, 15) is 9.18 Å². The molecule has 3 rings (SSSR count). The Morgan fingerprint density at radius 2 is 1.96 bits per heavy atom. The van der Waals surface area contributed by atoms with Gasteiger partial charge in [-0.1, -0.05) is 12.1 Å². The zero-order valence-corrected chi connectivity index (χ0v) is 16.3. The molecule has 0 atom stereocenters. The number of aromatic amines is 1. The maximum atomic E-state index is 13.4. The van der Waals surface area contributed by atoms with Crippen LogP contribution in [-0.2, 0) is 6.42 Å². The lowest BCUT2D eigenvalue weighted by Crippen LogP contribution is -2.30. The molecule has 0 saturated carbocycles. The summed E-state index contributed by atoms with van der Waals surface area (Å²) in [6, 6.07) is 11.8. The van der Waals surface area contributed by atoms with Crippen molar-refractivity contribution in [3.63, 3.8) is 0 Å². The molecule has 146 valence electrons. The molecule has 0 aliphatic rings. The number of rotatable bonds is 7. The van der Waals surface area contributed by atoms with Crippen LogP contribution < -0.4 is 4.90 Å². The first-order valence-electron chi connectivity index (χ1n) is 9.13. The van der Waals surface area contributed by atoms with Crippen molar-refractivity contribution in [1.29, 1.82) is 0 Å². The smallest absolute Gasteiger partial charge is 0.257 e. The highest BCUT2D eigenvalue weighted by Gasteiger charge is 2.17. The van der Waals surface area contributed by atoms with Crippen LogP contribution in [0.2, 0.25) is 0 Å². The van der Waals surface area contributed by atoms with E-state index in [1.54, 1.807) is 36.3 Å². The normalized spacial score (nSPS) is 10.7. The van der Waals surface area contributed by atoms with E-state index in [1.807, 2.05) is 31.1 Å². The predicted molar refractivity (Wildman–Crippen MR) is 108 cm³/mol. The van der Waals surface area contributed by atoms with Crippen LogP contribution in [0, 0.1) is 5.82 Å². The summed E-state index contributed by atoms with van der Waals surface area (Å²) in [5, 5.41) is 7.24. The number of hydrogen-bond donors (Lipinski definition) is 1. The fourth-order valence-corrected chi connectivity index (χ4v) is 3.02. The van der Waals surface area contributed by atoms with Crippen molar-refractivity contribution in [1.82, 2.24) is 20.1 Å². The van der Waals surface area contributed by atoms with Crippen LogP contribution in [0.25, 0.3) is 11.3 Å². The van der Waals surface area contributed by atoms with Gasteiger partial charge in [-0.05, 0) is 43.2 Å². The minimum atomic E-state index is -0.283. The minimum Gasteiger partial charge on any atom is -0.362 e. The molecule has 3 aromatic rings. The highest BCUT2D eigenvalue weighted by Crippen LogP contribution is 2.20. The summed E-state index contributed by atoms with van der Waals surface area (Å²) in [5.74, 6) is 0.323. The zero-order valence-electron chi connectivity index (χ0n) is 16.3. The highest BCUT2D eigenvalue weighted by atomic mass is 19.1. The standard InChI is InChI=1S/C21H24FN5O/c1-26(2)20-18(10-5-11-23-20)21(28)27(3)12-6-9-17-14-19(25-24-17)15-7-4-8-16(22)13-15/h4-5,7-8,10-11,13-14H,6,9,12H2,1-3H3,(H,24,25). The van der Waals surface area contributed by atoms with Crippen molar-refractivity contribution in [2.75, 3.05) is 32.6 Å². The van der Waals surface area contributed by atoms with E-state index in [-0.39, 0.29) is 11.7 Å². The van der Waals surface area contributed by atoms with E-state index in [4.69, 9.17) is 0 Å². The number of nitrogens with zero attached hydrogens (tertiary/aromatic N) is 4. The molecule has 2 heterocycles. The topological polar surface area (TPSA) is 65.1 Å². The fraction of sp³-hybridized carbons (Fsp3) is 0.286. The van der Waals surface area contributed by atoms with Gasteiger partial charge in [0.15, 0.2) is 0 Å². The summed E-state index contributed by atoms with van der Waals surface area (Å²) in [6.07, 6.45) is 3.21. The van der Waals surface area contributed by atoms with E-state index in [1.165, 1.54) is 12.1 Å². The lowest BCUT2D eigenvalue weighted by Gasteiger charge is -2.20. The maximum absolute atomic E-state index is 13.4. The second kappa shape index (κ2) is 8.65. The Kier molecular flexibility index (Phi) is 6.03. The van der Waals surface area contributed by atoms with Gasteiger partial charge in [-0.3, -0.25) is 9.89 Å². The van der Waals surface area contributed by atoms with Crippen molar-refractivity contribution in [3.8, 4) is 11.3 Å². The maximum Gasteiger partial charge on any atom is 0.257 e. The van der Waals surface area contributed by atoms with Gasteiger partial charge in [0.2, 0.25) is 0 Å². The zero-order chi connectivity index (χ0) is 20.1. The van der Waals surface area contributed by atoms with Gasteiger partial charge >= 0.3 is 0 Å². The number of aryl methyl sites for hydroxylation is 1. The van der Waals surface area contributed by atoms with Crippen LogP contribution in [0.4, 0.5) is 10.2 Å². The molecule has 1 aromatic carbocycles. The van der Waals surface area contributed by atoms with Gasteiger partial charge in [-0.15, -0.1) is 0 Å². The number of anilines is 1. The Bertz CT molecular complexity index is 953. The number of pyridine rings is 1. The van der Waals surface area contributed by atoms with Crippen LogP contribution in [-0.4, -0.2) is 53.7 Å². The molecule has 0 bridgehead atoms. The molecule has 0 unspecified atom stereocenters. The number of H-pyrrole nitrogens is 1. The third kappa shape index (κ3) is 4.54. The molecule has 1 amide bonds. The summed E-state index contributed by atoms with van der Waals surface area (Å²) in [4.78, 5) is 20.6. The van der Waals surface area contributed by atoms with Crippen molar-refractivity contribution in [2.24, 2.45) is 0 Å². The molecular formula is C21H24FN5O. The highest BCUT2D eigenvalue weighted by molar-refractivity contribution is 5.98. The number of carbonyl (C=O) groups excluding carboxylic acids is 1. The van der Waals surface area contributed by atoms with Crippen molar-refractivity contribution in [2.45, 2.75) is 12.8 Å². The number of amides is 1. The molecule has 0 spiro atoms. The molecule has 6 nitrogen and oxygen atoms in total. The van der Waals surface area contributed by atoms with Gasteiger partial charge in [-0.2, -0.15) is 5.10 Å². The summed E-state index contributed by atoms with van der Waals surface area (Å²) in [5.41, 5.74) is 2.99. The molecule has 0 aliphatic heterocycles. The Balaban J connectivity index is 1.57. The Morgan fingerprint density at radius 3 is 2.71 bits per heavy atom. The monoisotopic (exact) mass is 381 g/mol. The van der Waals surface area contributed by atoms with E-state index >= 15 is 0 Å². The average molecular weight is 381 g/mol. The summed E-state index contributed by atoms with van der Waals surface area (Å²) < 4.78 is 13.4. The Hall–Kier alpha value is -3.22. The average Bonchev–Trinajstić information content (AvgIpc) is 3.16. The van der Waals surface area contributed by atoms with Crippen molar-refractivity contribution in [3.05, 3.63) is 65.7 Å². The van der Waals surface area contributed by atoms with E-state index in [0.717, 1.165) is 24.1 Å². The number of benzene rings is 1. The number of nitrogens with one attached hydrogen (secondary N) is 1. The van der Waals surface area contributed by atoms with Gasteiger partial charge in [0.1, 0.15) is 11.6 Å². The Labute approximate surface area is 164 Å². The number of carbonyl (C=O) groups is 1. The third-order valence-corrected chi connectivity index (χ3v) is 4.48. The molecule has 1 N–H and O–H groups in total. The molecule has 0 aliphatic carbocycles. The SMILES string of the molecule is CN(CCCc1cc(-c2cccc(F)c2)n[nH]1)C(=O)c1cccnc1N(C)C. The number of aromatic nitrogens is 3. The number of hydrogen-bond acceptors (Lipinski definition) is 4. The van der Waals surface area contributed by atoms with Gasteiger partial charge in [0.05, 0.1) is 11.3 Å². The van der Waals surface area contributed by atoms with Gasteiger partial charge in [0.25, 0.3) is 5.91 Å². The van der Waals surface area contributed by atoms with E-state index in [0.29, 0.717) is 23.6 Å². The predicted octanol–water partition coefficient (Wildman–Crippen LogP) is 3.38. The summed E-state index contributed by atoms with van der Waals surface area (Å²) in [6.45, 7) is 0.606. The first-order chi connectivity index (χ1) is 13.5. The molecule has 2 aromatic heterocycles. The lowest BCUT2D eigenvalue weighted by molar-refractivity contribution is 0.0793. The van der Waals surface area contributed by atoms with E-state index < -0.39 is 0 Å². The lowest BCUT2D eigenvalue weighted by atomic mass is 10.1. The number of halogens is 1. The molecule has 0 saturated heterocycles. The first kappa shape index (κ1) is 19.5. The van der Waals surface area contributed by atoms with Gasteiger partial charge < -0.3 is 9.80 Å². The molecular weight excluding hydrogens is 357 g/mol. The third-order valence-electron chi connectivity index (χ3n) is 4.48. The summed E-state index contributed by atoms with van der Waals surface area (Å²) >= 11 is 0. The Morgan fingerprint density at radius 1 is 1.14 bits per heavy atom.